The van der Waals surface area contributed by atoms with Gasteiger partial charge in [-0.1, -0.05) is 26.0 Å². The molecule has 2 rings (SSSR count). The number of rotatable bonds is 6. The molecule has 0 unspecified atom stereocenters. The molecule has 0 radical (unpaired) electrons. The monoisotopic (exact) mass is 287 g/mol. The van der Waals surface area contributed by atoms with Gasteiger partial charge in [-0.15, -0.1) is 11.3 Å². The molecule has 0 atom stereocenters. The Morgan fingerprint density at radius 1 is 1.05 bits per heavy atom. The predicted octanol–water partition coefficient (Wildman–Crippen LogP) is 5.31. The minimum atomic E-state index is 0.630. The molecule has 1 aromatic heterocycles. The van der Waals surface area contributed by atoms with Crippen LogP contribution in [0.4, 0.5) is 5.69 Å². The van der Waals surface area contributed by atoms with Crippen LogP contribution in [-0.2, 0) is 6.42 Å². The fourth-order valence-corrected chi connectivity index (χ4v) is 3.49. The van der Waals surface area contributed by atoms with Crippen molar-refractivity contribution in [1.29, 1.82) is 0 Å². The van der Waals surface area contributed by atoms with Gasteiger partial charge in [-0.05, 0) is 54.5 Å². The van der Waals surface area contributed by atoms with Gasteiger partial charge in [0.15, 0.2) is 0 Å². The summed E-state index contributed by atoms with van der Waals surface area (Å²) in [6.07, 6.45) is 1.05. The lowest BCUT2D eigenvalue weighted by molar-refractivity contribution is 0.865. The van der Waals surface area contributed by atoms with Crippen molar-refractivity contribution < 1.29 is 0 Å². The number of benzene rings is 1. The molecule has 0 aliphatic heterocycles. The molecule has 1 nitrogen and oxygen atoms in total. The van der Waals surface area contributed by atoms with Crippen molar-refractivity contribution in [3.63, 3.8) is 0 Å². The number of nitrogens with zero attached hydrogens (tertiary/aromatic N) is 1. The maximum Gasteiger partial charge on any atom is 0.0366 e. The summed E-state index contributed by atoms with van der Waals surface area (Å²) in [4.78, 5) is 3.84. The normalized spacial score (nSPS) is 11.1. The van der Waals surface area contributed by atoms with E-state index in [-0.39, 0.29) is 0 Å². The summed E-state index contributed by atoms with van der Waals surface area (Å²) in [5, 5.41) is 2.30. The van der Waals surface area contributed by atoms with E-state index >= 15 is 0 Å². The van der Waals surface area contributed by atoms with E-state index in [0.29, 0.717) is 5.92 Å². The van der Waals surface area contributed by atoms with E-state index in [0.717, 1.165) is 19.5 Å². The molecule has 0 saturated heterocycles. The van der Waals surface area contributed by atoms with E-state index in [1.807, 2.05) is 11.3 Å². The fraction of sp³-hybridized carbons (Fsp3) is 0.444. The summed E-state index contributed by atoms with van der Waals surface area (Å²) in [6.45, 7) is 11.1. The van der Waals surface area contributed by atoms with Crippen LogP contribution in [-0.4, -0.2) is 13.1 Å². The third kappa shape index (κ3) is 3.63. The molecule has 2 heteroatoms. The van der Waals surface area contributed by atoms with Gasteiger partial charge in [-0.3, -0.25) is 0 Å². The fourth-order valence-electron chi connectivity index (χ4n) is 2.41. The second kappa shape index (κ2) is 6.94. The standard InChI is InChI=1S/C18H25NS/c1-5-19(6-2)17-9-7-15(8-10-17)11-18-12-16(13-20-18)14(3)4/h7-10,12-14H,5-6,11H2,1-4H3. The minimum Gasteiger partial charge on any atom is -0.372 e. The molecule has 20 heavy (non-hydrogen) atoms. The van der Waals surface area contributed by atoms with Gasteiger partial charge in [-0.25, -0.2) is 0 Å². The molecule has 0 fully saturated rings. The topological polar surface area (TPSA) is 3.24 Å². The largest absolute Gasteiger partial charge is 0.372 e. The molecule has 108 valence electrons. The molecule has 1 heterocycles. The highest BCUT2D eigenvalue weighted by atomic mass is 32.1. The second-order valence-corrected chi connectivity index (χ2v) is 6.51. The van der Waals surface area contributed by atoms with Gasteiger partial charge >= 0.3 is 0 Å². The van der Waals surface area contributed by atoms with Gasteiger partial charge in [0.05, 0.1) is 0 Å². The van der Waals surface area contributed by atoms with Crippen LogP contribution in [0.3, 0.4) is 0 Å². The summed E-state index contributed by atoms with van der Waals surface area (Å²) < 4.78 is 0. The van der Waals surface area contributed by atoms with Crippen molar-refractivity contribution in [3.8, 4) is 0 Å². The predicted molar refractivity (Wildman–Crippen MR) is 91.2 cm³/mol. The molecule has 0 amide bonds. The SMILES string of the molecule is CCN(CC)c1ccc(Cc2cc(C(C)C)cs2)cc1. The van der Waals surface area contributed by atoms with Crippen LogP contribution in [0.25, 0.3) is 0 Å². The molecule has 0 aliphatic rings. The van der Waals surface area contributed by atoms with E-state index in [4.69, 9.17) is 0 Å². The molecular weight excluding hydrogens is 262 g/mol. The van der Waals surface area contributed by atoms with Gasteiger partial charge < -0.3 is 4.90 Å². The zero-order valence-electron chi connectivity index (χ0n) is 13.0. The first-order valence-corrected chi connectivity index (χ1v) is 8.43. The number of anilines is 1. The quantitative estimate of drug-likeness (QED) is 0.696. The maximum atomic E-state index is 2.38. The van der Waals surface area contributed by atoms with E-state index < -0.39 is 0 Å². The van der Waals surface area contributed by atoms with Crippen LogP contribution >= 0.6 is 11.3 Å². The van der Waals surface area contributed by atoms with Crippen LogP contribution in [0, 0.1) is 0 Å². The van der Waals surface area contributed by atoms with Crippen LogP contribution in [0.15, 0.2) is 35.7 Å². The van der Waals surface area contributed by atoms with Crippen molar-refractivity contribution >= 4 is 17.0 Å². The third-order valence-electron chi connectivity index (χ3n) is 3.78. The summed E-state index contributed by atoms with van der Waals surface area (Å²) in [6, 6.07) is 11.4. The summed E-state index contributed by atoms with van der Waals surface area (Å²) in [5.74, 6) is 0.630. The van der Waals surface area contributed by atoms with Gasteiger partial charge in [0.1, 0.15) is 0 Å². The molecule has 0 saturated carbocycles. The maximum absolute atomic E-state index is 2.38. The number of hydrogen-bond acceptors (Lipinski definition) is 2. The van der Waals surface area contributed by atoms with Crippen LogP contribution < -0.4 is 4.90 Å². The lowest BCUT2D eigenvalue weighted by Gasteiger charge is -2.21. The summed E-state index contributed by atoms with van der Waals surface area (Å²) in [7, 11) is 0. The molecule has 0 spiro atoms. The van der Waals surface area contributed by atoms with Gasteiger partial charge in [0.2, 0.25) is 0 Å². The van der Waals surface area contributed by atoms with Crippen LogP contribution in [0.5, 0.6) is 0 Å². The highest BCUT2D eigenvalue weighted by Gasteiger charge is 2.05. The smallest absolute Gasteiger partial charge is 0.0366 e. The number of thiophene rings is 1. The molecule has 2 aromatic rings. The first kappa shape index (κ1) is 15.1. The van der Waals surface area contributed by atoms with Crippen LogP contribution in [0.1, 0.15) is 49.6 Å². The Morgan fingerprint density at radius 2 is 1.70 bits per heavy atom. The Morgan fingerprint density at radius 3 is 2.20 bits per heavy atom. The molecule has 1 aromatic carbocycles. The summed E-state index contributed by atoms with van der Waals surface area (Å²) >= 11 is 1.88. The molecule has 0 N–H and O–H groups in total. The Hall–Kier alpha value is -1.28. The van der Waals surface area contributed by atoms with Crippen LogP contribution in [0.2, 0.25) is 0 Å². The first-order valence-electron chi connectivity index (χ1n) is 7.55. The average Bonchev–Trinajstić information content (AvgIpc) is 2.91. The number of hydrogen-bond donors (Lipinski definition) is 0. The lowest BCUT2D eigenvalue weighted by atomic mass is 10.1. The minimum absolute atomic E-state index is 0.630. The third-order valence-corrected chi connectivity index (χ3v) is 4.74. The Kier molecular flexibility index (Phi) is 5.24. The Balaban J connectivity index is 2.06. The Bertz CT molecular complexity index is 521. The highest BCUT2D eigenvalue weighted by Crippen LogP contribution is 2.25. The zero-order chi connectivity index (χ0) is 14.5. The summed E-state index contributed by atoms with van der Waals surface area (Å²) in [5.41, 5.74) is 4.19. The van der Waals surface area contributed by atoms with Crippen molar-refractivity contribution in [2.45, 2.75) is 40.0 Å². The van der Waals surface area contributed by atoms with E-state index in [1.54, 1.807) is 0 Å². The lowest BCUT2D eigenvalue weighted by Crippen LogP contribution is -2.21. The van der Waals surface area contributed by atoms with Crippen molar-refractivity contribution in [3.05, 3.63) is 51.7 Å². The average molecular weight is 287 g/mol. The highest BCUT2D eigenvalue weighted by molar-refractivity contribution is 7.10. The van der Waals surface area contributed by atoms with E-state index in [9.17, 15) is 0 Å². The second-order valence-electron chi connectivity index (χ2n) is 5.52. The van der Waals surface area contributed by atoms with Crippen molar-refractivity contribution in [2.75, 3.05) is 18.0 Å². The Labute approximate surface area is 127 Å². The van der Waals surface area contributed by atoms with Crippen molar-refractivity contribution in [1.82, 2.24) is 0 Å². The molecule has 0 aliphatic carbocycles. The van der Waals surface area contributed by atoms with Gasteiger partial charge in [-0.2, -0.15) is 0 Å². The van der Waals surface area contributed by atoms with Gasteiger partial charge in [0.25, 0.3) is 0 Å². The molecule has 0 bridgehead atoms. The van der Waals surface area contributed by atoms with Crippen molar-refractivity contribution in [2.24, 2.45) is 0 Å². The van der Waals surface area contributed by atoms with E-state index in [2.05, 4.69) is 68.3 Å². The van der Waals surface area contributed by atoms with E-state index in [1.165, 1.54) is 21.7 Å². The molecular formula is C18H25NS. The van der Waals surface area contributed by atoms with Gasteiger partial charge in [0, 0.05) is 30.1 Å². The zero-order valence-corrected chi connectivity index (χ0v) is 13.8. The first-order chi connectivity index (χ1) is 9.63.